The highest BCUT2D eigenvalue weighted by molar-refractivity contribution is 9.10. The van der Waals surface area contributed by atoms with E-state index in [4.69, 9.17) is 0 Å². The molecule has 0 N–H and O–H groups in total. The molecule has 1 saturated heterocycles. The molecule has 0 aliphatic carbocycles. The summed E-state index contributed by atoms with van der Waals surface area (Å²) in [5.41, 5.74) is 2.77. The third-order valence-corrected chi connectivity index (χ3v) is 4.04. The van der Waals surface area contributed by atoms with E-state index in [9.17, 15) is 0 Å². The maximum absolute atomic E-state index is 3.63. The van der Waals surface area contributed by atoms with Crippen molar-refractivity contribution >= 4 is 15.9 Å². The lowest BCUT2D eigenvalue weighted by molar-refractivity contribution is 0.260. The van der Waals surface area contributed by atoms with Gasteiger partial charge < -0.3 is 0 Å². The van der Waals surface area contributed by atoms with Gasteiger partial charge in [-0.15, -0.1) is 0 Å². The Hall–Kier alpha value is -0.340. The molecule has 1 fully saturated rings. The molecule has 2 heteroatoms. The van der Waals surface area contributed by atoms with Gasteiger partial charge in [-0.3, -0.25) is 4.90 Å². The lowest BCUT2D eigenvalue weighted by Gasteiger charge is -2.21. The summed E-state index contributed by atoms with van der Waals surface area (Å²) in [6, 6.07) is 7.35. The van der Waals surface area contributed by atoms with Gasteiger partial charge in [-0.2, -0.15) is 0 Å². The predicted molar refractivity (Wildman–Crippen MR) is 68.0 cm³/mol. The van der Waals surface area contributed by atoms with Crippen LogP contribution in [0.3, 0.4) is 0 Å². The summed E-state index contributed by atoms with van der Waals surface area (Å²) < 4.78 is 1.24. The van der Waals surface area contributed by atoms with E-state index < -0.39 is 0 Å². The van der Waals surface area contributed by atoms with E-state index in [0.29, 0.717) is 0 Å². The van der Waals surface area contributed by atoms with Gasteiger partial charge in [0.25, 0.3) is 0 Å². The molecule has 0 radical (unpaired) electrons. The Kier molecular flexibility index (Phi) is 3.47. The first-order valence-corrected chi connectivity index (χ1v) is 6.45. The SMILES string of the molecule is Cc1ccc(Br)c(CN2CCC[C@@H]2C)c1. The fourth-order valence-corrected chi connectivity index (χ4v) is 2.64. The maximum Gasteiger partial charge on any atom is 0.0247 e. The molecular weight excluding hydrogens is 250 g/mol. The Morgan fingerprint density at radius 2 is 2.27 bits per heavy atom. The Labute approximate surface area is 101 Å². The Bertz CT molecular complexity index is 348. The molecule has 1 aromatic rings. The van der Waals surface area contributed by atoms with E-state index in [1.54, 1.807) is 0 Å². The van der Waals surface area contributed by atoms with Gasteiger partial charge in [-0.25, -0.2) is 0 Å². The quantitative estimate of drug-likeness (QED) is 0.789. The molecule has 1 aliphatic rings. The summed E-state index contributed by atoms with van der Waals surface area (Å²) >= 11 is 3.63. The number of rotatable bonds is 2. The number of nitrogens with zero attached hydrogens (tertiary/aromatic N) is 1. The molecule has 0 saturated carbocycles. The maximum atomic E-state index is 3.63. The summed E-state index contributed by atoms with van der Waals surface area (Å²) in [5.74, 6) is 0. The highest BCUT2D eigenvalue weighted by atomic mass is 79.9. The van der Waals surface area contributed by atoms with Crippen LogP contribution in [-0.4, -0.2) is 17.5 Å². The first-order valence-electron chi connectivity index (χ1n) is 5.66. The van der Waals surface area contributed by atoms with Crippen LogP contribution >= 0.6 is 15.9 Å². The van der Waals surface area contributed by atoms with Gasteiger partial charge in [-0.1, -0.05) is 33.6 Å². The van der Waals surface area contributed by atoms with Crippen molar-refractivity contribution in [2.24, 2.45) is 0 Å². The lowest BCUT2D eigenvalue weighted by atomic mass is 10.1. The number of likely N-dealkylation sites (tertiary alicyclic amines) is 1. The van der Waals surface area contributed by atoms with E-state index in [2.05, 4.69) is 52.9 Å². The fourth-order valence-electron chi connectivity index (χ4n) is 2.27. The van der Waals surface area contributed by atoms with Crippen LogP contribution in [0.25, 0.3) is 0 Å². The Morgan fingerprint density at radius 1 is 1.47 bits per heavy atom. The van der Waals surface area contributed by atoms with E-state index in [0.717, 1.165) is 12.6 Å². The van der Waals surface area contributed by atoms with Crippen LogP contribution in [0.2, 0.25) is 0 Å². The van der Waals surface area contributed by atoms with Gasteiger partial charge >= 0.3 is 0 Å². The summed E-state index contributed by atoms with van der Waals surface area (Å²) in [5, 5.41) is 0. The molecule has 15 heavy (non-hydrogen) atoms. The smallest absolute Gasteiger partial charge is 0.0247 e. The first kappa shape index (κ1) is 11.2. The van der Waals surface area contributed by atoms with Crippen molar-refractivity contribution in [3.05, 3.63) is 33.8 Å². The van der Waals surface area contributed by atoms with E-state index in [-0.39, 0.29) is 0 Å². The topological polar surface area (TPSA) is 3.24 Å². The number of hydrogen-bond acceptors (Lipinski definition) is 1. The average molecular weight is 268 g/mol. The minimum Gasteiger partial charge on any atom is -0.296 e. The standard InChI is InChI=1S/C13H18BrN/c1-10-5-6-13(14)12(8-10)9-15-7-3-4-11(15)2/h5-6,8,11H,3-4,7,9H2,1-2H3/t11-/m0/s1. The van der Waals surface area contributed by atoms with Crippen LogP contribution in [0.15, 0.2) is 22.7 Å². The molecular formula is C13H18BrN. The minimum atomic E-state index is 0.748. The molecule has 0 spiro atoms. The fraction of sp³-hybridized carbons (Fsp3) is 0.538. The van der Waals surface area contributed by atoms with Crippen LogP contribution in [0.1, 0.15) is 30.9 Å². The number of aryl methyl sites for hydroxylation is 1. The Balaban J connectivity index is 2.12. The molecule has 0 bridgehead atoms. The van der Waals surface area contributed by atoms with Gasteiger partial charge in [0.2, 0.25) is 0 Å². The summed E-state index contributed by atoms with van der Waals surface area (Å²) in [4.78, 5) is 2.57. The largest absolute Gasteiger partial charge is 0.296 e. The average Bonchev–Trinajstić information content (AvgIpc) is 2.58. The zero-order valence-corrected chi connectivity index (χ0v) is 11.0. The van der Waals surface area contributed by atoms with Crippen LogP contribution in [-0.2, 0) is 6.54 Å². The van der Waals surface area contributed by atoms with Crippen LogP contribution in [0, 0.1) is 6.92 Å². The van der Waals surface area contributed by atoms with Crippen molar-refractivity contribution in [3.63, 3.8) is 0 Å². The molecule has 1 heterocycles. The van der Waals surface area contributed by atoms with Crippen molar-refractivity contribution in [1.29, 1.82) is 0 Å². The second-order valence-corrected chi connectivity index (χ2v) is 5.41. The monoisotopic (exact) mass is 267 g/mol. The summed E-state index contributed by atoms with van der Waals surface area (Å²) in [6.45, 7) is 6.82. The van der Waals surface area contributed by atoms with Gasteiger partial charge in [0.1, 0.15) is 0 Å². The lowest BCUT2D eigenvalue weighted by Crippen LogP contribution is -2.26. The highest BCUT2D eigenvalue weighted by Gasteiger charge is 2.20. The summed E-state index contributed by atoms with van der Waals surface area (Å²) in [7, 11) is 0. The molecule has 1 aromatic carbocycles. The molecule has 1 atom stereocenters. The molecule has 0 aromatic heterocycles. The molecule has 0 unspecified atom stereocenters. The third kappa shape index (κ3) is 2.61. The molecule has 1 aliphatic heterocycles. The van der Waals surface area contributed by atoms with Gasteiger partial charge in [0.15, 0.2) is 0 Å². The number of hydrogen-bond donors (Lipinski definition) is 0. The predicted octanol–water partition coefficient (Wildman–Crippen LogP) is 3.74. The minimum absolute atomic E-state index is 0.748. The Morgan fingerprint density at radius 3 is 2.93 bits per heavy atom. The van der Waals surface area contributed by atoms with Crippen LogP contribution in [0.5, 0.6) is 0 Å². The van der Waals surface area contributed by atoms with E-state index in [1.807, 2.05) is 0 Å². The zero-order valence-electron chi connectivity index (χ0n) is 9.46. The number of benzene rings is 1. The molecule has 2 rings (SSSR count). The van der Waals surface area contributed by atoms with Crippen LogP contribution < -0.4 is 0 Å². The first-order chi connectivity index (χ1) is 7.16. The second kappa shape index (κ2) is 4.67. The van der Waals surface area contributed by atoms with E-state index >= 15 is 0 Å². The molecule has 82 valence electrons. The highest BCUT2D eigenvalue weighted by Crippen LogP contribution is 2.24. The van der Waals surface area contributed by atoms with Crippen molar-refractivity contribution < 1.29 is 0 Å². The number of halogens is 1. The van der Waals surface area contributed by atoms with Crippen molar-refractivity contribution in [3.8, 4) is 0 Å². The zero-order chi connectivity index (χ0) is 10.8. The van der Waals surface area contributed by atoms with Gasteiger partial charge in [0.05, 0.1) is 0 Å². The van der Waals surface area contributed by atoms with E-state index in [1.165, 1.54) is 35.0 Å². The van der Waals surface area contributed by atoms with Crippen molar-refractivity contribution in [2.45, 2.75) is 39.3 Å². The molecule has 0 amide bonds. The van der Waals surface area contributed by atoms with Crippen LogP contribution in [0.4, 0.5) is 0 Å². The summed E-state index contributed by atoms with van der Waals surface area (Å²) in [6.07, 6.45) is 2.70. The van der Waals surface area contributed by atoms with Crippen molar-refractivity contribution in [1.82, 2.24) is 4.90 Å². The van der Waals surface area contributed by atoms with Gasteiger partial charge in [0, 0.05) is 17.1 Å². The van der Waals surface area contributed by atoms with Crippen molar-refractivity contribution in [2.75, 3.05) is 6.54 Å². The molecule has 1 nitrogen and oxygen atoms in total. The second-order valence-electron chi connectivity index (χ2n) is 4.56. The third-order valence-electron chi connectivity index (χ3n) is 3.27. The normalized spacial score (nSPS) is 22.2. The van der Waals surface area contributed by atoms with Gasteiger partial charge in [-0.05, 0) is 44.9 Å².